The Morgan fingerprint density at radius 1 is 1.53 bits per heavy atom. The van der Waals surface area contributed by atoms with Crippen LogP contribution in [0.1, 0.15) is 25.6 Å². The summed E-state index contributed by atoms with van der Waals surface area (Å²) in [5.41, 5.74) is 1.79. The normalized spacial score (nSPS) is 12.6. The average Bonchev–Trinajstić information content (AvgIpc) is 2.79. The van der Waals surface area contributed by atoms with E-state index in [0.717, 1.165) is 22.9 Å². The lowest BCUT2D eigenvalue weighted by Crippen LogP contribution is -2.17. The molecule has 90 valence electrons. The number of nitrogens with zero attached hydrogens (tertiary/aromatic N) is 2. The van der Waals surface area contributed by atoms with E-state index < -0.39 is 0 Å². The van der Waals surface area contributed by atoms with Gasteiger partial charge < -0.3 is 5.32 Å². The van der Waals surface area contributed by atoms with Crippen molar-refractivity contribution in [2.45, 2.75) is 19.9 Å². The molecule has 1 unspecified atom stereocenters. The zero-order valence-electron chi connectivity index (χ0n) is 9.77. The fourth-order valence-corrected chi connectivity index (χ4v) is 2.74. The van der Waals surface area contributed by atoms with E-state index in [0.29, 0.717) is 5.02 Å². The molecule has 1 atom stereocenters. The largest absolute Gasteiger partial charge is 0.309 e. The first-order valence-electron chi connectivity index (χ1n) is 5.52. The lowest BCUT2D eigenvalue weighted by atomic mass is 10.2. The molecule has 0 saturated heterocycles. The van der Waals surface area contributed by atoms with E-state index in [-0.39, 0.29) is 6.04 Å². The molecule has 0 spiro atoms. The van der Waals surface area contributed by atoms with Crippen LogP contribution in [0.25, 0.3) is 10.7 Å². The maximum Gasteiger partial charge on any atom is 0.143 e. The SMILES string of the molecule is CCNC(C)c1csc(-c2ncccc2Cl)n1. The summed E-state index contributed by atoms with van der Waals surface area (Å²) in [6.07, 6.45) is 1.73. The molecule has 0 aliphatic rings. The third-order valence-corrected chi connectivity index (χ3v) is 3.61. The van der Waals surface area contributed by atoms with Crippen molar-refractivity contribution in [2.75, 3.05) is 6.54 Å². The molecule has 1 N–H and O–H groups in total. The minimum atomic E-state index is 0.257. The monoisotopic (exact) mass is 267 g/mol. The van der Waals surface area contributed by atoms with Crippen LogP contribution in [-0.2, 0) is 0 Å². The highest BCUT2D eigenvalue weighted by atomic mass is 35.5. The Labute approximate surface area is 110 Å². The van der Waals surface area contributed by atoms with Gasteiger partial charge in [-0.1, -0.05) is 18.5 Å². The summed E-state index contributed by atoms with van der Waals surface area (Å²) < 4.78 is 0. The summed E-state index contributed by atoms with van der Waals surface area (Å²) in [5, 5.41) is 6.89. The van der Waals surface area contributed by atoms with E-state index in [1.807, 2.05) is 17.5 Å². The highest BCUT2D eigenvalue weighted by Crippen LogP contribution is 2.29. The van der Waals surface area contributed by atoms with Crippen molar-refractivity contribution in [3.8, 4) is 10.7 Å². The van der Waals surface area contributed by atoms with Gasteiger partial charge in [-0.05, 0) is 25.6 Å². The minimum absolute atomic E-state index is 0.257. The Kier molecular flexibility index (Phi) is 4.10. The standard InChI is InChI=1S/C12H14ClN3S/c1-3-14-8(2)10-7-17-12(16-10)11-9(13)5-4-6-15-11/h4-8,14H,3H2,1-2H3. The summed E-state index contributed by atoms with van der Waals surface area (Å²) in [6.45, 7) is 5.11. The Balaban J connectivity index is 2.27. The van der Waals surface area contributed by atoms with Gasteiger partial charge in [-0.2, -0.15) is 0 Å². The second kappa shape index (κ2) is 5.58. The first-order chi connectivity index (χ1) is 8.22. The number of hydrogen-bond donors (Lipinski definition) is 1. The van der Waals surface area contributed by atoms with Gasteiger partial charge in [0.15, 0.2) is 0 Å². The molecule has 0 aliphatic heterocycles. The van der Waals surface area contributed by atoms with E-state index in [2.05, 4.69) is 29.1 Å². The van der Waals surface area contributed by atoms with E-state index in [4.69, 9.17) is 11.6 Å². The van der Waals surface area contributed by atoms with E-state index in [1.54, 1.807) is 17.5 Å². The molecule has 0 saturated carbocycles. The van der Waals surface area contributed by atoms with Crippen LogP contribution in [0.15, 0.2) is 23.7 Å². The zero-order chi connectivity index (χ0) is 12.3. The van der Waals surface area contributed by atoms with Gasteiger partial charge in [-0.3, -0.25) is 4.98 Å². The third kappa shape index (κ3) is 2.83. The first kappa shape index (κ1) is 12.5. The second-order valence-electron chi connectivity index (χ2n) is 3.69. The molecule has 2 aromatic rings. The lowest BCUT2D eigenvalue weighted by Gasteiger charge is -2.08. The molecule has 2 rings (SSSR count). The van der Waals surface area contributed by atoms with Gasteiger partial charge in [0.25, 0.3) is 0 Å². The number of rotatable bonds is 4. The molecule has 17 heavy (non-hydrogen) atoms. The summed E-state index contributed by atoms with van der Waals surface area (Å²) in [4.78, 5) is 8.83. The topological polar surface area (TPSA) is 37.8 Å². The summed E-state index contributed by atoms with van der Waals surface area (Å²) in [6, 6.07) is 3.91. The third-order valence-electron chi connectivity index (χ3n) is 2.44. The smallest absolute Gasteiger partial charge is 0.143 e. The van der Waals surface area contributed by atoms with Crippen LogP contribution < -0.4 is 5.32 Å². The summed E-state index contributed by atoms with van der Waals surface area (Å²) in [7, 11) is 0. The lowest BCUT2D eigenvalue weighted by molar-refractivity contribution is 0.587. The van der Waals surface area contributed by atoms with E-state index in [9.17, 15) is 0 Å². The van der Waals surface area contributed by atoms with Gasteiger partial charge in [0, 0.05) is 17.6 Å². The van der Waals surface area contributed by atoms with Crippen molar-refractivity contribution in [3.05, 3.63) is 34.4 Å². The predicted molar refractivity (Wildman–Crippen MR) is 72.4 cm³/mol. The molecule has 0 fully saturated rings. The molecule has 2 aromatic heterocycles. The maximum absolute atomic E-state index is 6.10. The van der Waals surface area contributed by atoms with Crippen LogP contribution in [0.5, 0.6) is 0 Å². The molecule has 0 aromatic carbocycles. The van der Waals surface area contributed by atoms with Gasteiger partial charge >= 0.3 is 0 Å². The van der Waals surface area contributed by atoms with Crippen LogP contribution in [0.3, 0.4) is 0 Å². The Morgan fingerprint density at radius 2 is 2.35 bits per heavy atom. The number of hydrogen-bond acceptors (Lipinski definition) is 4. The fraction of sp³-hybridized carbons (Fsp3) is 0.333. The van der Waals surface area contributed by atoms with Crippen LogP contribution in [-0.4, -0.2) is 16.5 Å². The van der Waals surface area contributed by atoms with Crippen LogP contribution in [0.2, 0.25) is 5.02 Å². The first-order valence-corrected chi connectivity index (χ1v) is 6.77. The Morgan fingerprint density at radius 3 is 3.06 bits per heavy atom. The van der Waals surface area contributed by atoms with Crippen molar-refractivity contribution < 1.29 is 0 Å². The van der Waals surface area contributed by atoms with Crippen molar-refractivity contribution in [1.82, 2.24) is 15.3 Å². The average molecular weight is 268 g/mol. The minimum Gasteiger partial charge on any atom is -0.309 e. The molecule has 0 radical (unpaired) electrons. The molecular formula is C12H14ClN3S. The van der Waals surface area contributed by atoms with Crippen LogP contribution in [0.4, 0.5) is 0 Å². The molecule has 3 nitrogen and oxygen atoms in total. The molecule has 2 heterocycles. The summed E-state index contributed by atoms with van der Waals surface area (Å²) in [5.74, 6) is 0. The molecule has 0 amide bonds. The zero-order valence-corrected chi connectivity index (χ0v) is 11.3. The van der Waals surface area contributed by atoms with Crippen LogP contribution in [0, 0.1) is 0 Å². The van der Waals surface area contributed by atoms with Gasteiger partial charge in [0.2, 0.25) is 0 Å². The maximum atomic E-state index is 6.10. The van der Waals surface area contributed by atoms with E-state index in [1.165, 1.54) is 0 Å². The number of nitrogens with one attached hydrogen (secondary N) is 1. The van der Waals surface area contributed by atoms with E-state index >= 15 is 0 Å². The Bertz CT molecular complexity index is 498. The molecule has 5 heteroatoms. The number of pyridine rings is 1. The number of halogens is 1. The quantitative estimate of drug-likeness (QED) is 0.921. The highest BCUT2D eigenvalue weighted by Gasteiger charge is 2.12. The van der Waals surface area contributed by atoms with Crippen molar-refractivity contribution in [2.24, 2.45) is 0 Å². The Hall–Kier alpha value is -0.970. The van der Waals surface area contributed by atoms with Crippen molar-refractivity contribution in [1.29, 1.82) is 0 Å². The fourth-order valence-electron chi connectivity index (χ4n) is 1.55. The number of aromatic nitrogens is 2. The van der Waals surface area contributed by atoms with Crippen LogP contribution >= 0.6 is 22.9 Å². The highest BCUT2D eigenvalue weighted by molar-refractivity contribution is 7.13. The summed E-state index contributed by atoms with van der Waals surface area (Å²) >= 11 is 7.67. The second-order valence-corrected chi connectivity index (χ2v) is 4.96. The van der Waals surface area contributed by atoms with Gasteiger partial charge in [0.1, 0.15) is 10.7 Å². The van der Waals surface area contributed by atoms with Crippen molar-refractivity contribution >= 4 is 22.9 Å². The molecule has 0 aliphatic carbocycles. The molecular weight excluding hydrogens is 254 g/mol. The molecule has 0 bridgehead atoms. The predicted octanol–water partition coefficient (Wildman–Crippen LogP) is 3.53. The van der Waals surface area contributed by atoms with Gasteiger partial charge in [-0.15, -0.1) is 11.3 Å². The van der Waals surface area contributed by atoms with Gasteiger partial charge in [0.05, 0.1) is 10.7 Å². The van der Waals surface area contributed by atoms with Crippen molar-refractivity contribution in [3.63, 3.8) is 0 Å². The van der Waals surface area contributed by atoms with Gasteiger partial charge in [-0.25, -0.2) is 4.98 Å². The number of thiazole rings is 1.